The van der Waals surface area contributed by atoms with E-state index in [1.807, 2.05) is 0 Å². The summed E-state index contributed by atoms with van der Waals surface area (Å²) in [4.78, 5) is 11.2. The van der Waals surface area contributed by atoms with Gasteiger partial charge in [0.2, 0.25) is 0 Å². The van der Waals surface area contributed by atoms with Crippen LogP contribution in [0.1, 0.15) is 17.3 Å². The lowest BCUT2D eigenvalue weighted by Crippen LogP contribution is -2.08. The van der Waals surface area contributed by atoms with Crippen LogP contribution in [0.3, 0.4) is 0 Å². The molecule has 0 aliphatic heterocycles. The number of carboxylic acid groups (broad SMARTS) is 1. The van der Waals surface area contributed by atoms with Gasteiger partial charge in [-0.1, -0.05) is 15.9 Å². The summed E-state index contributed by atoms with van der Waals surface area (Å²) in [5, 5.41) is 8.94. The van der Waals surface area contributed by atoms with Crippen LogP contribution in [0.4, 0.5) is 0 Å². The van der Waals surface area contributed by atoms with Crippen LogP contribution in [0.15, 0.2) is 27.6 Å². The van der Waals surface area contributed by atoms with E-state index in [0.29, 0.717) is 11.1 Å². The Labute approximate surface area is 104 Å². The number of carboxylic acids is 1. The van der Waals surface area contributed by atoms with Crippen LogP contribution in [0.2, 0.25) is 0 Å². The van der Waals surface area contributed by atoms with Gasteiger partial charge in [0, 0.05) is 11.1 Å². The number of rotatable bonds is 5. The molecule has 88 valence electrons. The van der Waals surface area contributed by atoms with Crippen LogP contribution in [0.5, 0.6) is 0 Å². The van der Waals surface area contributed by atoms with Gasteiger partial charge in [-0.25, -0.2) is 4.79 Å². The number of aromatic carboxylic acids is 1. The molecule has 0 spiro atoms. The fourth-order valence-electron chi connectivity index (χ4n) is 1.08. The molecule has 0 bridgehead atoms. The molecule has 1 unspecified atom stereocenters. The smallest absolute Gasteiger partial charge is 0.336 e. The molecule has 6 heteroatoms. The fraction of sp³-hybridized carbons (Fsp3) is 0.300. The van der Waals surface area contributed by atoms with E-state index in [-0.39, 0.29) is 16.4 Å². The molecule has 0 aromatic heterocycles. The Bertz CT molecular complexity index is 419. The molecular weight excluding hydrogens is 296 g/mol. The molecule has 1 aromatic carbocycles. The van der Waals surface area contributed by atoms with E-state index in [0.717, 1.165) is 0 Å². The average Bonchev–Trinajstić information content (AvgIpc) is 2.25. The minimum absolute atomic E-state index is 0.00718. The van der Waals surface area contributed by atoms with Gasteiger partial charge in [-0.2, -0.15) is 0 Å². The van der Waals surface area contributed by atoms with Crippen molar-refractivity contribution in [3.63, 3.8) is 0 Å². The molecule has 0 aliphatic rings. The minimum atomic E-state index is -1.46. The molecule has 0 radical (unpaired) electrons. The van der Waals surface area contributed by atoms with E-state index >= 15 is 0 Å². The number of hydrogen-bond acceptors (Lipinski definition) is 3. The summed E-state index contributed by atoms with van der Waals surface area (Å²) >= 11 is 3.21. The van der Waals surface area contributed by atoms with Crippen molar-refractivity contribution in [3.05, 3.63) is 28.2 Å². The van der Waals surface area contributed by atoms with Crippen LogP contribution in [-0.4, -0.2) is 27.8 Å². The van der Waals surface area contributed by atoms with Crippen LogP contribution in [0.25, 0.3) is 0 Å². The van der Waals surface area contributed by atoms with Crippen LogP contribution in [-0.2, 0) is 15.5 Å². The highest BCUT2D eigenvalue weighted by molar-refractivity contribution is 9.10. The Morgan fingerprint density at radius 3 is 2.81 bits per heavy atom. The molecule has 1 N–H and O–H groups in total. The number of halogens is 1. The molecule has 1 rings (SSSR count). The zero-order valence-corrected chi connectivity index (χ0v) is 11.0. The van der Waals surface area contributed by atoms with Gasteiger partial charge in [-0.05, 0) is 25.1 Å². The molecule has 1 aromatic rings. The first-order chi connectivity index (χ1) is 7.56. The van der Waals surface area contributed by atoms with Crippen molar-refractivity contribution in [1.82, 2.24) is 0 Å². The third-order valence-corrected chi connectivity index (χ3v) is 3.52. The van der Waals surface area contributed by atoms with E-state index in [4.69, 9.17) is 9.84 Å². The first kappa shape index (κ1) is 13.3. The van der Waals surface area contributed by atoms with Gasteiger partial charge in [0.15, 0.2) is 0 Å². The first-order valence-corrected chi connectivity index (χ1v) is 6.66. The Morgan fingerprint density at radius 1 is 1.56 bits per heavy atom. The van der Waals surface area contributed by atoms with Crippen molar-refractivity contribution in [3.8, 4) is 0 Å². The van der Waals surface area contributed by atoms with E-state index in [9.17, 15) is 9.00 Å². The van der Waals surface area contributed by atoms with E-state index in [1.54, 1.807) is 19.1 Å². The maximum atomic E-state index is 11.8. The molecule has 0 heterocycles. The lowest BCUT2D eigenvalue weighted by molar-refractivity contribution is 0.0693. The fourth-order valence-corrected chi connectivity index (χ4v) is 2.70. The minimum Gasteiger partial charge on any atom is -0.478 e. The predicted octanol–water partition coefficient (Wildman–Crippen LogP) is 2.25. The molecule has 4 nitrogen and oxygen atoms in total. The van der Waals surface area contributed by atoms with Crippen molar-refractivity contribution in [2.45, 2.75) is 11.8 Å². The summed E-state index contributed by atoms with van der Waals surface area (Å²) < 4.78 is 17.5. The summed E-state index contributed by atoms with van der Waals surface area (Å²) in [6, 6.07) is 4.56. The van der Waals surface area contributed by atoms with Crippen molar-refractivity contribution >= 4 is 32.7 Å². The van der Waals surface area contributed by atoms with Crippen LogP contribution < -0.4 is 0 Å². The molecule has 0 amide bonds. The highest BCUT2D eigenvalue weighted by atomic mass is 79.9. The lowest BCUT2D eigenvalue weighted by Gasteiger charge is -2.06. The summed E-state index contributed by atoms with van der Waals surface area (Å²) in [6.07, 6.45) is 0. The zero-order valence-electron chi connectivity index (χ0n) is 8.60. The highest BCUT2D eigenvalue weighted by Gasteiger charge is 2.15. The Balaban J connectivity index is 3.04. The molecular formula is C10H11BrO4S. The maximum absolute atomic E-state index is 11.8. The number of benzene rings is 1. The second kappa shape index (κ2) is 6.12. The van der Waals surface area contributed by atoms with Gasteiger partial charge in [-0.15, -0.1) is 0 Å². The standard InChI is InChI=1S/C10H11BrO4S/c1-2-15-6-16(14)9-5-7(11)3-4-8(9)10(12)13/h3-5H,2,6H2,1H3,(H,12,13). The van der Waals surface area contributed by atoms with Crippen molar-refractivity contribution in [2.24, 2.45) is 0 Å². The molecule has 0 saturated heterocycles. The summed E-state index contributed by atoms with van der Waals surface area (Å²) in [6.45, 7) is 2.23. The third-order valence-electron chi connectivity index (χ3n) is 1.81. The third kappa shape index (κ3) is 3.40. The van der Waals surface area contributed by atoms with Gasteiger partial charge in [0.25, 0.3) is 0 Å². The van der Waals surface area contributed by atoms with Crippen LogP contribution >= 0.6 is 15.9 Å². The monoisotopic (exact) mass is 306 g/mol. The zero-order chi connectivity index (χ0) is 12.1. The highest BCUT2D eigenvalue weighted by Crippen LogP contribution is 2.20. The molecule has 0 saturated carbocycles. The van der Waals surface area contributed by atoms with Gasteiger partial charge < -0.3 is 9.84 Å². The molecule has 16 heavy (non-hydrogen) atoms. The average molecular weight is 307 g/mol. The van der Waals surface area contributed by atoms with Gasteiger partial charge >= 0.3 is 5.97 Å². The normalized spacial score (nSPS) is 12.4. The number of carbonyl (C=O) groups is 1. The molecule has 1 atom stereocenters. The second-order valence-corrected chi connectivity index (χ2v) is 5.18. The molecule has 0 aliphatic carbocycles. The summed E-state index contributed by atoms with van der Waals surface area (Å²) in [7, 11) is -1.46. The Kier molecular flexibility index (Phi) is 5.11. The van der Waals surface area contributed by atoms with Gasteiger partial charge in [0.05, 0.1) is 21.3 Å². The number of ether oxygens (including phenoxy) is 1. The largest absolute Gasteiger partial charge is 0.478 e. The first-order valence-electron chi connectivity index (χ1n) is 4.55. The Hall–Kier alpha value is -0.720. The summed E-state index contributed by atoms with van der Waals surface area (Å²) in [5.74, 6) is -1.08. The maximum Gasteiger partial charge on any atom is 0.336 e. The number of hydrogen-bond donors (Lipinski definition) is 1. The topological polar surface area (TPSA) is 63.6 Å². The van der Waals surface area contributed by atoms with E-state index in [1.165, 1.54) is 6.07 Å². The summed E-state index contributed by atoms with van der Waals surface area (Å²) in [5.41, 5.74) is 0.0428. The van der Waals surface area contributed by atoms with Gasteiger partial charge in [0.1, 0.15) is 5.94 Å². The SMILES string of the molecule is CCOCS(=O)c1cc(Br)ccc1C(=O)O. The van der Waals surface area contributed by atoms with Crippen molar-refractivity contribution < 1.29 is 18.8 Å². The predicted molar refractivity (Wildman–Crippen MR) is 64.0 cm³/mol. The van der Waals surface area contributed by atoms with Crippen LogP contribution in [0, 0.1) is 0 Å². The molecule has 0 fully saturated rings. The second-order valence-electron chi connectivity index (χ2n) is 2.90. The Morgan fingerprint density at radius 2 is 2.25 bits per heavy atom. The quantitative estimate of drug-likeness (QED) is 0.906. The van der Waals surface area contributed by atoms with E-state index < -0.39 is 16.8 Å². The van der Waals surface area contributed by atoms with Crippen molar-refractivity contribution in [1.29, 1.82) is 0 Å². The lowest BCUT2D eigenvalue weighted by atomic mass is 10.2. The van der Waals surface area contributed by atoms with Crippen molar-refractivity contribution in [2.75, 3.05) is 12.5 Å². The van der Waals surface area contributed by atoms with E-state index in [2.05, 4.69) is 15.9 Å². The van der Waals surface area contributed by atoms with Gasteiger partial charge in [-0.3, -0.25) is 4.21 Å².